The van der Waals surface area contributed by atoms with Crippen LogP contribution in [0.4, 0.5) is 20.6 Å². The molecule has 18 heavy (non-hydrogen) atoms. The molecule has 4 nitrogen and oxygen atoms in total. The smallest absolute Gasteiger partial charge is 0.323 e. The molecule has 0 aromatic heterocycles. The van der Waals surface area contributed by atoms with Crippen LogP contribution in [0.25, 0.3) is 0 Å². The van der Waals surface area contributed by atoms with Gasteiger partial charge in [0.05, 0.1) is 0 Å². The second-order valence-electron chi connectivity index (χ2n) is 3.45. The number of anilines is 2. The monoisotopic (exact) mass is 248 g/mol. The van der Waals surface area contributed by atoms with Crippen LogP contribution in [0.3, 0.4) is 0 Å². The Hall–Kier alpha value is -2.40. The van der Waals surface area contributed by atoms with Gasteiger partial charge in [0, 0.05) is 11.4 Å². The predicted molar refractivity (Wildman–Crippen MR) is 69.1 cm³/mol. The lowest BCUT2D eigenvalue weighted by Crippen LogP contribution is -2.19. The Morgan fingerprint density at radius 2 is 1.33 bits per heavy atom. The highest BCUT2D eigenvalue weighted by Crippen LogP contribution is 2.10. The number of carbonyl (C=O) groups excluding carboxylic acids is 1. The van der Waals surface area contributed by atoms with E-state index in [4.69, 9.17) is 0 Å². The van der Waals surface area contributed by atoms with Crippen LogP contribution in [0.1, 0.15) is 0 Å². The van der Waals surface area contributed by atoms with Crippen LogP contribution in [-0.4, -0.2) is 11.5 Å². The first-order valence-corrected chi connectivity index (χ1v) is 5.13. The number of halogens is 1. The molecule has 0 saturated carbocycles. The Morgan fingerprint density at radius 1 is 0.833 bits per heavy atom. The number of nitrogens with one attached hydrogen (secondary N) is 2. The number of urea groups is 1. The summed E-state index contributed by atoms with van der Waals surface area (Å²) in [6, 6.07) is 14.3. The van der Waals surface area contributed by atoms with Gasteiger partial charge in [-0.1, -0.05) is 18.2 Å². The molecule has 0 saturated heterocycles. The average Bonchev–Trinajstić information content (AvgIpc) is 2.33. The van der Waals surface area contributed by atoms with E-state index in [1.54, 1.807) is 12.1 Å². The van der Waals surface area contributed by atoms with Gasteiger partial charge in [-0.15, -0.1) is 0 Å². The fourth-order valence-corrected chi connectivity index (χ4v) is 1.35. The van der Waals surface area contributed by atoms with Crippen molar-refractivity contribution >= 4 is 17.4 Å². The first-order valence-electron chi connectivity index (χ1n) is 5.13. The SMILES string of the molecule is O.O=C(Nc1ccccc1)Nc1ccc(F)cc1. The normalized spacial score (nSPS) is 9.17. The zero-order valence-corrected chi connectivity index (χ0v) is 9.48. The minimum absolute atomic E-state index is 0. The van der Waals surface area contributed by atoms with E-state index in [0.29, 0.717) is 11.4 Å². The van der Waals surface area contributed by atoms with Gasteiger partial charge in [-0.2, -0.15) is 0 Å². The Kier molecular flexibility index (Phi) is 4.83. The van der Waals surface area contributed by atoms with Crippen LogP contribution in [0.2, 0.25) is 0 Å². The van der Waals surface area contributed by atoms with Crippen molar-refractivity contribution in [1.82, 2.24) is 0 Å². The van der Waals surface area contributed by atoms with Crippen LogP contribution in [0.5, 0.6) is 0 Å². The number of hydrogen-bond donors (Lipinski definition) is 2. The molecule has 0 aliphatic rings. The van der Waals surface area contributed by atoms with Gasteiger partial charge >= 0.3 is 6.03 Å². The summed E-state index contributed by atoms with van der Waals surface area (Å²) in [5.41, 5.74) is 1.24. The molecule has 2 aromatic rings. The number of carbonyl (C=O) groups is 1. The van der Waals surface area contributed by atoms with Crippen molar-refractivity contribution in [2.45, 2.75) is 0 Å². The van der Waals surface area contributed by atoms with E-state index in [-0.39, 0.29) is 17.3 Å². The fourth-order valence-electron chi connectivity index (χ4n) is 1.35. The summed E-state index contributed by atoms with van der Waals surface area (Å²) in [6.07, 6.45) is 0. The molecule has 0 radical (unpaired) electrons. The molecule has 94 valence electrons. The summed E-state index contributed by atoms with van der Waals surface area (Å²) in [4.78, 5) is 11.6. The molecule has 0 aliphatic carbocycles. The maximum absolute atomic E-state index is 12.6. The topological polar surface area (TPSA) is 72.6 Å². The first kappa shape index (κ1) is 13.7. The van der Waals surface area contributed by atoms with Crippen molar-refractivity contribution < 1.29 is 14.7 Å². The molecule has 0 aliphatic heterocycles. The van der Waals surface area contributed by atoms with Gasteiger partial charge < -0.3 is 16.1 Å². The molecular weight excluding hydrogens is 235 g/mol. The molecule has 0 heterocycles. The molecule has 0 bridgehead atoms. The summed E-state index contributed by atoms with van der Waals surface area (Å²) in [7, 11) is 0. The molecule has 0 fully saturated rings. The zero-order valence-electron chi connectivity index (χ0n) is 9.48. The highest BCUT2D eigenvalue weighted by Gasteiger charge is 2.01. The van der Waals surface area contributed by atoms with E-state index in [0.717, 1.165) is 0 Å². The van der Waals surface area contributed by atoms with Gasteiger partial charge in [0.2, 0.25) is 0 Å². The van der Waals surface area contributed by atoms with Crippen LogP contribution in [-0.2, 0) is 0 Å². The third kappa shape index (κ3) is 3.88. The van der Waals surface area contributed by atoms with Crippen LogP contribution in [0, 0.1) is 5.82 Å². The van der Waals surface area contributed by atoms with Gasteiger partial charge in [0.25, 0.3) is 0 Å². The highest BCUT2D eigenvalue weighted by molar-refractivity contribution is 5.99. The van der Waals surface area contributed by atoms with Gasteiger partial charge in [0.1, 0.15) is 5.82 Å². The summed E-state index contributed by atoms with van der Waals surface area (Å²) < 4.78 is 12.6. The molecular formula is C13H13FN2O2. The Bertz CT molecular complexity index is 500. The lowest BCUT2D eigenvalue weighted by atomic mass is 10.3. The predicted octanol–water partition coefficient (Wildman–Crippen LogP) is 2.65. The van der Waals surface area contributed by atoms with Crippen molar-refractivity contribution in [3.8, 4) is 0 Å². The van der Waals surface area contributed by atoms with Crippen LogP contribution in [0.15, 0.2) is 54.6 Å². The lowest BCUT2D eigenvalue weighted by Gasteiger charge is -2.07. The van der Waals surface area contributed by atoms with Crippen molar-refractivity contribution in [1.29, 1.82) is 0 Å². The van der Waals surface area contributed by atoms with E-state index < -0.39 is 0 Å². The van der Waals surface area contributed by atoms with Gasteiger partial charge in [-0.3, -0.25) is 0 Å². The molecule has 0 atom stereocenters. The molecule has 0 unspecified atom stereocenters. The number of amides is 2. The summed E-state index contributed by atoms with van der Waals surface area (Å²) in [5, 5.41) is 5.26. The quantitative estimate of drug-likeness (QED) is 0.842. The minimum Gasteiger partial charge on any atom is -0.412 e. The second-order valence-corrected chi connectivity index (χ2v) is 3.45. The largest absolute Gasteiger partial charge is 0.412 e. The summed E-state index contributed by atoms with van der Waals surface area (Å²) >= 11 is 0. The third-order valence-electron chi connectivity index (χ3n) is 2.13. The van der Waals surface area contributed by atoms with E-state index in [2.05, 4.69) is 10.6 Å². The summed E-state index contributed by atoms with van der Waals surface area (Å²) in [6.45, 7) is 0. The zero-order chi connectivity index (χ0) is 12.1. The van der Waals surface area contributed by atoms with E-state index >= 15 is 0 Å². The number of rotatable bonds is 2. The molecule has 2 aromatic carbocycles. The first-order chi connectivity index (χ1) is 8.24. The number of hydrogen-bond acceptors (Lipinski definition) is 1. The lowest BCUT2D eigenvalue weighted by molar-refractivity contribution is 0.262. The fraction of sp³-hybridized carbons (Fsp3) is 0. The van der Waals surface area contributed by atoms with E-state index in [1.165, 1.54) is 24.3 Å². The standard InChI is InChI=1S/C13H11FN2O.H2O/c14-10-6-8-12(9-7-10)16-13(17)15-11-4-2-1-3-5-11;/h1-9H,(H2,15,16,17);1H2. The van der Waals surface area contributed by atoms with Crippen LogP contribution >= 0.6 is 0 Å². The third-order valence-corrected chi connectivity index (χ3v) is 2.13. The number of benzene rings is 2. The van der Waals surface area contributed by atoms with Crippen molar-refractivity contribution in [2.75, 3.05) is 10.6 Å². The Morgan fingerprint density at radius 3 is 1.89 bits per heavy atom. The van der Waals surface area contributed by atoms with Crippen LogP contribution < -0.4 is 10.6 Å². The van der Waals surface area contributed by atoms with E-state index in [9.17, 15) is 9.18 Å². The Labute approximate surface area is 104 Å². The van der Waals surface area contributed by atoms with Crippen molar-refractivity contribution in [2.24, 2.45) is 0 Å². The molecule has 2 rings (SSSR count). The minimum atomic E-state index is -0.359. The maximum atomic E-state index is 12.6. The average molecular weight is 248 g/mol. The van der Waals surface area contributed by atoms with Gasteiger partial charge in [0.15, 0.2) is 0 Å². The maximum Gasteiger partial charge on any atom is 0.323 e. The Balaban J connectivity index is 0.00000162. The van der Waals surface area contributed by atoms with E-state index in [1.807, 2.05) is 18.2 Å². The molecule has 5 heteroatoms. The summed E-state index contributed by atoms with van der Waals surface area (Å²) in [5.74, 6) is -0.334. The number of para-hydroxylation sites is 1. The molecule has 0 spiro atoms. The van der Waals surface area contributed by atoms with Gasteiger partial charge in [-0.25, -0.2) is 9.18 Å². The molecule has 2 amide bonds. The van der Waals surface area contributed by atoms with Gasteiger partial charge in [-0.05, 0) is 36.4 Å². The molecule has 4 N–H and O–H groups in total. The van der Waals surface area contributed by atoms with Crippen molar-refractivity contribution in [3.63, 3.8) is 0 Å². The van der Waals surface area contributed by atoms with Crippen molar-refractivity contribution in [3.05, 3.63) is 60.4 Å². The highest BCUT2D eigenvalue weighted by atomic mass is 19.1. The second kappa shape index (κ2) is 6.36.